The second-order valence-electron chi connectivity index (χ2n) is 2.68. The summed E-state index contributed by atoms with van der Waals surface area (Å²) in [6.45, 7) is 2.94. The fourth-order valence-corrected chi connectivity index (χ4v) is 0.167. The Morgan fingerprint density at radius 1 is 0.800 bits per heavy atom. The summed E-state index contributed by atoms with van der Waals surface area (Å²) in [5.41, 5.74) is 9.88. The molecule has 20 heavy (non-hydrogen) atoms. The molecule has 2 radical (unpaired) electrons. The van der Waals surface area contributed by atoms with Crippen LogP contribution in [0.5, 0.6) is 0 Å². The van der Waals surface area contributed by atoms with Crippen molar-refractivity contribution >= 4 is 11.9 Å². The van der Waals surface area contributed by atoms with Gasteiger partial charge in [-0.25, -0.2) is 0 Å². The third-order valence-corrected chi connectivity index (χ3v) is 0.697. The molecule has 8 nitrogen and oxygen atoms in total. The van der Waals surface area contributed by atoms with Gasteiger partial charge in [-0.3, -0.25) is 0 Å². The van der Waals surface area contributed by atoms with Crippen molar-refractivity contribution < 1.29 is 64.2 Å². The van der Waals surface area contributed by atoms with E-state index in [1.54, 1.807) is 0 Å². The van der Waals surface area contributed by atoms with Gasteiger partial charge in [-0.1, -0.05) is 12.8 Å². The quantitative estimate of drug-likeness (QED) is 0.445. The largest absolute Gasteiger partial charge is 2.00 e. The Morgan fingerprint density at radius 3 is 0.950 bits per heavy atom. The molecule has 0 fully saturated rings. The summed E-state index contributed by atoms with van der Waals surface area (Å²) in [5, 5.41) is 36.7. The Hall–Kier alpha value is -0.181. The molecule has 0 amide bonds. The summed E-state index contributed by atoms with van der Waals surface area (Å²) in [4.78, 5) is 17.8. The number of carbonyl (C=O) groups is 2. The SMILES string of the molecule is CC(=O)[O-].CC(=O)[O-].NCCC[O-].NCCC[O-].[Cu+2].[Cu+2]. The molecule has 0 aromatic carbocycles. The molecule has 10 heteroatoms. The molecule has 0 aliphatic rings. The number of carboxylic acids is 2. The molecule has 0 bridgehead atoms. The molecule has 0 aliphatic carbocycles. The van der Waals surface area contributed by atoms with Crippen molar-refractivity contribution in [2.24, 2.45) is 11.5 Å². The van der Waals surface area contributed by atoms with Crippen molar-refractivity contribution in [1.82, 2.24) is 0 Å². The molecule has 0 heterocycles. The fourth-order valence-electron chi connectivity index (χ4n) is 0.167. The summed E-state index contributed by atoms with van der Waals surface area (Å²) >= 11 is 0. The van der Waals surface area contributed by atoms with Crippen LogP contribution in [0.4, 0.5) is 0 Å². The maximum Gasteiger partial charge on any atom is 2.00 e. The predicted octanol–water partition coefficient (Wildman–Crippen LogP) is -5.10. The van der Waals surface area contributed by atoms with Crippen LogP contribution >= 0.6 is 0 Å². The Morgan fingerprint density at radius 2 is 0.950 bits per heavy atom. The summed E-state index contributed by atoms with van der Waals surface area (Å²) < 4.78 is 0. The van der Waals surface area contributed by atoms with Crippen LogP contribution in [0.25, 0.3) is 0 Å². The first-order chi connectivity index (χ1) is 8.29. The second kappa shape index (κ2) is 42.8. The molecule has 0 saturated heterocycles. The van der Waals surface area contributed by atoms with Gasteiger partial charge in [-0.15, -0.1) is 13.2 Å². The zero-order valence-electron chi connectivity index (χ0n) is 11.4. The van der Waals surface area contributed by atoms with Gasteiger partial charge in [0.1, 0.15) is 0 Å². The normalized spacial score (nSPS) is 6.70. The van der Waals surface area contributed by atoms with E-state index >= 15 is 0 Å². The molecular weight excluding hydrogens is 371 g/mol. The summed E-state index contributed by atoms with van der Waals surface area (Å²) in [6, 6.07) is 0. The Balaban J connectivity index is -0.0000000318. The molecule has 0 aromatic heterocycles. The van der Waals surface area contributed by atoms with Crippen LogP contribution in [0.1, 0.15) is 26.7 Å². The topological polar surface area (TPSA) is 178 Å². The smallest absolute Gasteiger partial charge is 0.854 e. The Kier molecular flexibility index (Phi) is 78.6. The van der Waals surface area contributed by atoms with Gasteiger partial charge in [0.25, 0.3) is 0 Å². The number of rotatable bonds is 4. The van der Waals surface area contributed by atoms with E-state index in [9.17, 15) is 10.2 Å². The molecule has 130 valence electrons. The van der Waals surface area contributed by atoms with E-state index in [4.69, 9.17) is 31.3 Å². The standard InChI is InChI=1S/2C3H8NO.2C2H4O2.2Cu/c2*4-2-1-3-5;2*1-2(3)4;;/h2*1-4H2;2*1H3,(H,3,4);;/q2*-1;;;2*+2/p-2. The van der Waals surface area contributed by atoms with E-state index in [2.05, 4.69) is 0 Å². The van der Waals surface area contributed by atoms with E-state index in [1.165, 1.54) is 0 Å². The molecule has 0 aliphatic heterocycles. The van der Waals surface area contributed by atoms with Gasteiger partial charge in [0.05, 0.1) is 0 Å². The van der Waals surface area contributed by atoms with Crippen LogP contribution in [0.15, 0.2) is 0 Å². The van der Waals surface area contributed by atoms with Gasteiger partial charge < -0.3 is 41.5 Å². The molecule has 0 atom stereocenters. The van der Waals surface area contributed by atoms with E-state index in [1.807, 2.05) is 0 Å². The van der Waals surface area contributed by atoms with Crippen molar-refractivity contribution in [2.75, 3.05) is 26.3 Å². The van der Waals surface area contributed by atoms with E-state index < -0.39 is 11.9 Å². The number of nitrogens with two attached hydrogens (primary N) is 2. The van der Waals surface area contributed by atoms with Crippen LogP contribution in [0.2, 0.25) is 0 Å². The predicted molar refractivity (Wildman–Crippen MR) is 58.4 cm³/mol. The summed E-state index contributed by atoms with van der Waals surface area (Å²) in [5.74, 6) is -2.17. The van der Waals surface area contributed by atoms with Crippen molar-refractivity contribution in [3.8, 4) is 0 Å². The molecule has 0 aromatic rings. The van der Waals surface area contributed by atoms with Gasteiger partial charge in [-0.2, -0.15) is 0 Å². The van der Waals surface area contributed by atoms with Gasteiger partial charge >= 0.3 is 34.1 Å². The third-order valence-electron chi connectivity index (χ3n) is 0.697. The van der Waals surface area contributed by atoms with Crippen LogP contribution in [-0.4, -0.2) is 38.2 Å². The maximum absolute atomic E-state index is 9.45. The number of hydrogen-bond acceptors (Lipinski definition) is 8. The molecule has 0 rings (SSSR count). The molecule has 4 N–H and O–H groups in total. The fraction of sp³-hybridized carbons (Fsp3) is 0.800. The number of carbonyl (C=O) groups excluding carboxylic acids is 2. The van der Waals surface area contributed by atoms with Crippen LogP contribution < -0.4 is 31.9 Å². The minimum absolute atomic E-state index is 0. The molecule has 0 saturated carbocycles. The minimum Gasteiger partial charge on any atom is -0.854 e. The van der Waals surface area contributed by atoms with Gasteiger partial charge in [0.2, 0.25) is 0 Å². The van der Waals surface area contributed by atoms with Gasteiger partial charge in [0.15, 0.2) is 0 Å². The van der Waals surface area contributed by atoms with E-state index in [0.29, 0.717) is 25.9 Å². The second-order valence-corrected chi connectivity index (χ2v) is 2.68. The van der Waals surface area contributed by atoms with Crippen LogP contribution in [0, 0.1) is 0 Å². The van der Waals surface area contributed by atoms with Crippen molar-refractivity contribution in [2.45, 2.75) is 26.7 Å². The summed E-state index contributed by atoms with van der Waals surface area (Å²) in [6.07, 6.45) is 1.22. The minimum atomic E-state index is -1.08. The number of hydrogen-bond donors (Lipinski definition) is 2. The molecular formula is C10H22Cu2N2O6. The molecule has 0 unspecified atom stereocenters. The number of carboxylic acid groups (broad SMARTS) is 2. The van der Waals surface area contributed by atoms with Crippen LogP contribution in [-0.2, 0) is 43.7 Å². The van der Waals surface area contributed by atoms with E-state index in [-0.39, 0.29) is 47.4 Å². The van der Waals surface area contributed by atoms with Crippen molar-refractivity contribution in [3.63, 3.8) is 0 Å². The van der Waals surface area contributed by atoms with Crippen molar-refractivity contribution in [3.05, 3.63) is 0 Å². The Labute approximate surface area is 140 Å². The van der Waals surface area contributed by atoms with Crippen molar-refractivity contribution in [1.29, 1.82) is 0 Å². The van der Waals surface area contributed by atoms with Gasteiger partial charge in [0, 0.05) is 11.9 Å². The first-order valence-corrected chi connectivity index (χ1v) is 5.21. The van der Waals surface area contributed by atoms with E-state index in [0.717, 1.165) is 13.8 Å². The zero-order chi connectivity index (χ0) is 15.4. The first kappa shape index (κ1) is 36.8. The zero-order valence-corrected chi connectivity index (χ0v) is 13.3. The maximum atomic E-state index is 9.45. The third kappa shape index (κ3) is 346. The monoisotopic (exact) mass is 392 g/mol. The van der Waals surface area contributed by atoms with Crippen LogP contribution in [0.3, 0.4) is 0 Å². The number of aliphatic carboxylic acids is 2. The Bertz CT molecular complexity index is 146. The average Bonchev–Trinajstić information content (AvgIpc) is 2.19. The first-order valence-electron chi connectivity index (χ1n) is 5.21. The molecule has 0 spiro atoms. The average molecular weight is 393 g/mol. The summed E-state index contributed by atoms with van der Waals surface area (Å²) in [7, 11) is 0. The van der Waals surface area contributed by atoms with Gasteiger partial charge in [-0.05, 0) is 26.9 Å².